The zero-order valence-electron chi connectivity index (χ0n) is 28.5. The van der Waals surface area contributed by atoms with E-state index in [9.17, 15) is 19.8 Å². The molecule has 0 unspecified atom stereocenters. The summed E-state index contributed by atoms with van der Waals surface area (Å²) in [6, 6.07) is 4.45. The van der Waals surface area contributed by atoms with Crippen molar-refractivity contribution in [3.8, 4) is 11.5 Å². The minimum absolute atomic E-state index is 0.00994. The Morgan fingerprint density at radius 1 is 0.841 bits per heavy atom. The third-order valence-corrected chi connectivity index (χ3v) is 15.2. The van der Waals surface area contributed by atoms with E-state index in [4.69, 9.17) is 4.74 Å². The van der Waals surface area contributed by atoms with Gasteiger partial charge in [-0.1, -0.05) is 61.5 Å². The van der Waals surface area contributed by atoms with Gasteiger partial charge in [0, 0.05) is 18.4 Å². The van der Waals surface area contributed by atoms with Crippen LogP contribution in [0.4, 0.5) is 0 Å². The van der Waals surface area contributed by atoms with Gasteiger partial charge in [0.2, 0.25) is 0 Å². The van der Waals surface area contributed by atoms with Crippen molar-refractivity contribution in [2.45, 2.75) is 126 Å². The van der Waals surface area contributed by atoms with Crippen molar-refractivity contribution in [2.24, 2.45) is 56.2 Å². The average molecular weight is 605 g/mol. The summed E-state index contributed by atoms with van der Waals surface area (Å²) in [5.74, 6) is 0.888. The van der Waals surface area contributed by atoms with Crippen molar-refractivity contribution in [3.63, 3.8) is 0 Å². The number of aromatic hydroxyl groups is 2. The molecule has 1 aromatic carbocycles. The number of rotatable bonds is 3. The minimum Gasteiger partial charge on any atom is -0.504 e. The van der Waals surface area contributed by atoms with Gasteiger partial charge in [-0.25, -0.2) is 4.79 Å². The van der Waals surface area contributed by atoms with Crippen LogP contribution in [-0.2, 0) is 14.3 Å². The van der Waals surface area contributed by atoms with Gasteiger partial charge in [-0.05, 0) is 132 Å². The molecule has 0 aromatic heterocycles. The molecule has 0 spiro atoms. The van der Waals surface area contributed by atoms with Gasteiger partial charge < -0.3 is 14.9 Å². The zero-order chi connectivity index (χ0) is 32.1. The second-order valence-corrected chi connectivity index (χ2v) is 18.0. The van der Waals surface area contributed by atoms with Crippen LogP contribution in [0.2, 0.25) is 0 Å². The number of phenols is 2. The highest BCUT2D eigenvalue weighted by molar-refractivity contribution is 5.87. The lowest BCUT2D eigenvalue weighted by Gasteiger charge is -2.74. The third kappa shape index (κ3) is 4.52. The highest BCUT2D eigenvalue weighted by atomic mass is 16.5. The summed E-state index contributed by atoms with van der Waals surface area (Å²) in [6.45, 7) is 19.6. The van der Waals surface area contributed by atoms with Crippen molar-refractivity contribution in [3.05, 3.63) is 29.8 Å². The molecule has 5 heteroatoms. The van der Waals surface area contributed by atoms with E-state index in [1.807, 2.05) is 0 Å². The maximum absolute atomic E-state index is 14.7. The van der Waals surface area contributed by atoms with Crippen LogP contribution in [0.25, 0.3) is 6.08 Å². The van der Waals surface area contributed by atoms with Gasteiger partial charge in [0.25, 0.3) is 0 Å². The Kier molecular flexibility index (Phi) is 7.27. The van der Waals surface area contributed by atoms with Crippen molar-refractivity contribution < 1.29 is 24.5 Å². The van der Waals surface area contributed by atoms with E-state index in [-0.39, 0.29) is 51.1 Å². The topological polar surface area (TPSA) is 83.8 Å². The molecule has 10 atom stereocenters. The number of carbonyl (C=O) groups excluding carboxylic acids is 2. The lowest BCUT2D eigenvalue weighted by molar-refractivity contribution is -0.252. The van der Waals surface area contributed by atoms with Crippen LogP contribution >= 0.6 is 0 Å². The standard InChI is InChI=1S/C39H56O5/c1-24-29(44-32(43)14-10-25-9-11-26(40)27(41)21-25)12-13-30-36(5)18-20-38(7)31-23-34(2,3)15-16-35(31,4)17-19-39(38,8)33(36)28(42)22-37(24,30)6/h9-11,14,21,24,29-31,33,40-41H,12-13,15-20,22-23H2,1-8H3/t24-,29+,30-,31+,33+,35+,36-,37+,38-,39+/m0/s1. The third-order valence-electron chi connectivity index (χ3n) is 15.2. The summed E-state index contributed by atoms with van der Waals surface area (Å²) < 4.78 is 6.06. The lowest BCUT2D eigenvalue weighted by atomic mass is 9.30. The number of fused-ring (bicyclic) bond motifs is 7. The van der Waals surface area contributed by atoms with E-state index in [1.165, 1.54) is 50.3 Å². The molecule has 6 rings (SSSR count). The molecule has 5 saturated carbocycles. The van der Waals surface area contributed by atoms with Crippen molar-refractivity contribution in [1.82, 2.24) is 0 Å². The number of Topliss-reactive ketones (excluding diaryl/α,β-unsaturated/α-hetero) is 1. The second kappa shape index (κ2) is 10.1. The molecule has 0 aliphatic heterocycles. The van der Waals surface area contributed by atoms with E-state index in [2.05, 4.69) is 55.4 Å². The summed E-state index contributed by atoms with van der Waals surface area (Å²) in [5, 5.41) is 19.3. The van der Waals surface area contributed by atoms with Gasteiger partial charge in [0.1, 0.15) is 11.9 Å². The number of esters is 1. The largest absolute Gasteiger partial charge is 0.504 e. The summed E-state index contributed by atoms with van der Waals surface area (Å²) in [6.07, 6.45) is 13.8. The highest BCUT2D eigenvalue weighted by Crippen LogP contribution is 2.77. The molecule has 5 aliphatic rings. The van der Waals surface area contributed by atoms with Gasteiger partial charge in [0.15, 0.2) is 11.5 Å². The number of carbonyl (C=O) groups is 2. The predicted molar refractivity (Wildman–Crippen MR) is 174 cm³/mol. The molecule has 44 heavy (non-hydrogen) atoms. The molecule has 0 saturated heterocycles. The molecule has 1 aromatic rings. The van der Waals surface area contributed by atoms with Gasteiger partial charge in [-0.15, -0.1) is 0 Å². The molecule has 242 valence electrons. The molecule has 5 fully saturated rings. The maximum Gasteiger partial charge on any atom is 0.331 e. The second-order valence-electron chi connectivity index (χ2n) is 18.0. The smallest absolute Gasteiger partial charge is 0.331 e. The van der Waals surface area contributed by atoms with E-state index < -0.39 is 5.97 Å². The number of ketones is 1. The summed E-state index contributed by atoms with van der Waals surface area (Å²) in [7, 11) is 0. The fourth-order valence-electron chi connectivity index (χ4n) is 12.3. The SMILES string of the molecule is C[C@H]1[C@H](OC(=O)C=Cc2ccc(O)c(O)c2)CC[C@H]2[C@]3(C)CC[C@@]4(C)[C@@H]5CC(C)(C)CC[C@]5(C)CC[C@]4(C)[C@@H]3C(=O)C[C@@]21C. The fraction of sp³-hybridized carbons (Fsp3) is 0.744. The molecule has 5 aliphatic carbocycles. The summed E-state index contributed by atoms with van der Waals surface area (Å²) in [5.41, 5.74) is 1.29. The molecular weight excluding hydrogens is 548 g/mol. The van der Waals surface area contributed by atoms with Gasteiger partial charge in [-0.2, -0.15) is 0 Å². The molecule has 0 radical (unpaired) electrons. The van der Waals surface area contributed by atoms with E-state index in [0.717, 1.165) is 25.7 Å². The van der Waals surface area contributed by atoms with E-state index >= 15 is 0 Å². The Bertz CT molecular complexity index is 1380. The molecule has 0 heterocycles. The Hall–Kier alpha value is -2.30. The van der Waals surface area contributed by atoms with Crippen molar-refractivity contribution in [2.75, 3.05) is 0 Å². The van der Waals surface area contributed by atoms with Gasteiger partial charge >= 0.3 is 5.97 Å². The van der Waals surface area contributed by atoms with E-state index in [1.54, 1.807) is 12.1 Å². The predicted octanol–water partition coefficient (Wildman–Crippen LogP) is 9.10. The number of ether oxygens (including phenoxy) is 1. The first kappa shape index (κ1) is 31.7. The van der Waals surface area contributed by atoms with Crippen molar-refractivity contribution >= 4 is 17.8 Å². The minimum atomic E-state index is -0.413. The quantitative estimate of drug-likeness (QED) is 0.204. The number of benzene rings is 1. The van der Waals surface area contributed by atoms with Crippen LogP contribution in [0, 0.1) is 56.2 Å². The van der Waals surface area contributed by atoms with Crippen LogP contribution in [0.15, 0.2) is 24.3 Å². The first-order chi connectivity index (χ1) is 20.4. The monoisotopic (exact) mass is 604 g/mol. The normalized spacial score (nSPS) is 46.4. The van der Waals surface area contributed by atoms with Crippen LogP contribution in [0.3, 0.4) is 0 Å². The number of hydrogen-bond donors (Lipinski definition) is 2. The zero-order valence-corrected chi connectivity index (χ0v) is 28.5. The Labute approximate surface area is 265 Å². The number of hydrogen-bond acceptors (Lipinski definition) is 5. The first-order valence-corrected chi connectivity index (χ1v) is 17.3. The first-order valence-electron chi connectivity index (χ1n) is 17.3. The summed E-state index contributed by atoms with van der Waals surface area (Å²) >= 11 is 0. The van der Waals surface area contributed by atoms with Crippen LogP contribution in [0.1, 0.15) is 125 Å². The van der Waals surface area contributed by atoms with Crippen LogP contribution in [0.5, 0.6) is 11.5 Å². The molecule has 0 amide bonds. The molecular formula is C39H56O5. The van der Waals surface area contributed by atoms with Crippen LogP contribution in [-0.4, -0.2) is 28.1 Å². The maximum atomic E-state index is 14.7. The van der Waals surface area contributed by atoms with Gasteiger partial charge in [0.05, 0.1) is 0 Å². The van der Waals surface area contributed by atoms with Crippen LogP contribution < -0.4 is 0 Å². The van der Waals surface area contributed by atoms with E-state index in [0.29, 0.717) is 40.4 Å². The number of phenolic OH excluding ortho intramolecular Hbond substituents is 2. The Balaban J connectivity index is 1.24. The Morgan fingerprint density at radius 2 is 1.52 bits per heavy atom. The fourth-order valence-corrected chi connectivity index (χ4v) is 12.3. The van der Waals surface area contributed by atoms with Gasteiger partial charge in [-0.3, -0.25) is 4.79 Å². The molecule has 2 N–H and O–H groups in total. The summed E-state index contributed by atoms with van der Waals surface area (Å²) in [4.78, 5) is 27.6. The highest BCUT2D eigenvalue weighted by Gasteiger charge is 2.73. The Morgan fingerprint density at radius 3 is 2.23 bits per heavy atom. The molecule has 5 nitrogen and oxygen atoms in total. The molecule has 0 bridgehead atoms. The average Bonchev–Trinajstić information content (AvgIpc) is 2.94. The lowest BCUT2D eigenvalue weighted by Crippen LogP contribution is -2.70. The van der Waals surface area contributed by atoms with Crippen molar-refractivity contribution in [1.29, 1.82) is 0 Å².